The molecule has 0 saturated carbocycles. The molecule has 218 valence electrons. The van der Waals surface area contributed by atoms with Crippen LogP contribution in [-0.4, -0.2) is 79.2 Å². The number of carboxylic acid groups (broad SMARTS) is 2. The summed E-state index contributed by atoms with van der Waals surface area (Å²) in [6.45, 7) is 5.93. The summed E-state index contributed by atoms with van der Waals surface area (Å²) in [4.78, 5) is 46.0. The van der Waals surface area contributed by atoms with Crippen LogP contribution in [0.3, 0.4) is 0 Å². The second-order valence-corrected chi connectivity index (χ2v) is 13.1. The minimum atomic E-state index is -1.56. The van der Waals surface area contributed by atoms with Crippen molar-refractivity contribution < 1.29 is 49.1 Å². The van der Waals surface area contributed by atoms with E-state index < -0.39 is 60.1 Å². The summed E-state index contributed by atoms with van der Waals surface area (Å²) in [5, 5.41) is 39.2. The van der Waals surface area contributed by atoms with Crippen molar-refractivity contribution in [3.05, 3.63) is 0 Å². The van der Waals surface area contributed by atoms with Crippen LogP contribution in [0.5, 0.6) is 0 Å². The van der Waals surface area contributed by atoms with Gasteiger partial charge in [-0.25, -0.2) is 0 Å². The summed E-state index contributed by atoms with van der Waals surface area (Å²) in [5.41, 5.74) is -3.47. The van der Waals surface area contributed by atoms with Crippen LogP contribution in [0.25, 0.3) is 0 Å². The Balaban J connectivity index is 1.61. The molecule has 38 heavy (non-hydrogen) atoms. The smallest absolute Gasteiger partial charge is 0.309 e. The fraction of sp³-hybridized carbons (Fsp3) is 0.852. The molecule has 0 aromatic heterocycles. The lowest BCUT2D eigenvalue weighted by atomic mass is 9.74. The Morgan fingerprint density at radius 1 is 0.921 bits per heavy atom. The number of thioether (sulfide) groups is 1. The molecular formula is C27H44O10S. The Kier molecular flexibility index (Phi) is 11.9. The highest BCUT2D eigenvalue weighted by atomic mass is 32.2. The lowest BCUT2D eigenvalue weighted by Crippen LogP contribution is -2.49. The van der Waals surface area contributed by atoms with Crippen molar-refractivity contribution in [2.24, 2.45) is 11.3 Å². The van der Waals surface area contributed by atoms with Crippen LogP contribution in [-0.2, 0) is 28.7 Å². The molecule has 0 spiro atoms. The molecule has 10 nitrogen and oxygen atoms in total. The molecule has 2 rings (SSSR count). The number of carboxylic acids is 2. The van der Waals surface area contributed by atoms with Gasteiger partial charge in [-0.05, 0) is 43.1 Å². The maximum atomic E-state index is 12.0. The van der Waals surface area contributed by atoms with Gasteiger partial charge in [0.15, 0.2) is 0 Å². The fourth-order valence-electron chi connectivity index (χ4n) is 5.39. The predicted molar refractivity (Wildman–Crippen MR) is 141 cm³/mol. The van der Waals surface area contributed by atoms with Crippen LogP contribution in [0, 0.1) is 11.3 Å². The molecule has 2 fully saturated rings. The monoisotopic (exact) mass is 560 g/mol. The first kappa shape index (κ1) is 32.4. The highest BCUT2D eigenvalue weighted by Gasteiger charge is 2.46. The van der Waals surface area contributed by atoms with E-state index in [0.717, 1.165) is 50.0 Å². The van der Waals surface area contributed by atoms with E-state index in [1.165, 1.54) is 0 Å². The number of hydrogen-bond donors (Lipinski definition) is 4. The third-order valence-corrected chi connectivity index (χ3v) is 8.83. The summed E-state index contributed by atoms with van der Waals surface area (Å²) in [6, 6.07) is 0. The van der Waals surface area contributed by atoms with E-state index in [4.69, 9.17) is 19.7 Å². The topological polar surface area (TPSA) is 168 Å². The van der Waals surface area contributed by atoms with Gasteiger partial charge < -0.3 is 29.9 Å². The molecule has 4 N–H and O–H groups in total. The van der Waals surface area contributed by atoms with Crippen molar-refractivity contribution in [1.82, 2.24) is 0 Å². The lowest BCUT2D eigenvalue weighted by molar-refractivity contribution is -0.184. The molecule has 0 aliphatic carbocycles. The second-order valence-electron chi connectivity index (χ2n) is 11.9. The number of unbranched alkanes of at least 4 members (excludes halogenated alkanes) is 2. The third-order valence-electron chi connectivity index (χ3n) is 7.67. The van der Waals surface area contributed by atoms with E-state index in [0.29, 0.717) is 0 Å². The van der Waals surface area contributed by atoms with E-state index >= 15 is 0 Å². The minimum absolute atomic E-state index is 0.0360. The largest absolute Gasteiger partial charge is 0.481 e. The van der Waals surface area contributed by atoms with E-state index in [1.807, 2.05) is 32.5 Å². The molecule has 0 bridgehead atoms. The number of carbonyl (C=O) groups is 4. The molecule has 2 saturated heterocycles. The first-order valence-electron chi connectivity index (χ1n) is 13.5. The maximum absolute atomic E-state index is 12.0. The zero-order valence-corrected chi connectivity index (χ0v) is 23.6. The fourth-order valence-corrected chi connectivity index (χ4v) is 6.41. The minimum Gasteiger partial charge on any atom is -0.481 e. The molecule has 5 unspecified atom stereocenters. The predicted octanol–water partition coefficient (Wildman–Crippen LogP) is 3.55. The van der Waals surface area contributed by atoms with Crippen molar-refractivity contribution in [1.29, 1.82) is 0 Å². The molecule has 0 aromatic rings. The molecule has 2 aliphatic rings. The van der Waals surface area contributed by atoms with Gasteiger partial charge in [-0.3, -0.25) is 19.2 Å². The van der Waals surface area contributed by atoms with E-state index in [9.17, 15) is 29.4 Å². The first-order chi connectivity index (χ1) is 17.6. The Bertz CT molecular complexity index is 838. The lowest BCUT2D eigenvalue weighted by Gasteiger charge is -2.42. The maximum Gasteiger partial charge on any atom is 0.309 e. The van der Waals surface area contributed by atoms with Crippen LogP contribution in [0.15, 0.2) is 0 Å². The molecular weight excluding hydrogens is 516 g/mol. The zero-order valence-electron chi connectivity index (χ0n) is 22.8. The molecule has 11 heteroatoms. The van der Waals surface area contributed by atoms with E-state index in [2.05, 4.69) is 0 Å². The average molecular weight is 561 g/mol. The zero-order chi connectivity index (χ0) is 28.6. The van der Waals surface area contributed by atoms with Gasteiger partial charge in [0.1, 0.15) is 12.2 Å². The standard InChI is InChI=1S/C27H44O10S/c1-18(19-12-26(34,14-21(28)29)16-23(32)36-19)8-4-6-10-38-11-7-5-9-25(2,3)20-13-27(35,15-22(30)31)17-24(33)37-20/h18-20,34-35H,4-17H2,1-3H3,(H,28,29)(H,30,31). The van der Waals surface area contributed by atoms with Gasteiger partial charge in [0, 0.05) is 18.3 Å². The van der Waals surface area contributed by atoms with Crippen LogP contribution >= 0.6 is 11.8 Å². The van der Waals surface area contributed by atoms with Crippen molar-refractivity contribution in [2.45, 2.75) is 121 Å². The Morgan fingerprint density at radius 3 is 2.03 bits per heavy atom. The molecule has 0 amide bonds. The molecule has 2 heterocycles. The first-order valence-corrected chi connectivity index (χ1v) is 14.6. The van der Waals surface area contributed by atoms with Gasteiger partial charge >= 0.3 is 23.9 Å². The summed E-state index contributed by atoms with van der Waals surface area (Å²) in [7, 11) is 0. The van der Waals surface area contributed by atoms with Crippen LogP contribution in [0.2, 0.25) is 0 Å². The number of carbonyl (C=O) groups excluding carboxylic acids is 2. The van der Waals surface area contributed by atoms with Gasteiger partial charge in [-0.1, -0.05) is 33.6 Å². The summed E-state index contributed by atoms with van der Waals surface area (Å²) < 4.78 is 10.9. The van der Waals surface area contributed by atoms with Gasteiger partial charge in [0.2, 0.25) is 0 Å². The van der Waals surface area contributed by atoms with Crippen LogP contribution in [0.4, 0.5) is 0 Å². The number of esters is 2. The number of aliphatic carboxylic acids is 2. The second kappa shape index (κ2) is 14.0. The van der Waals surface area contributed by atoms with Crippen molar-refractivity contribution in [3.8, 4) is 0 Å². The van der Waals surface area contributed by atoms with E-state index in [-0.39, 0.29) is 37.0 Å². The Hall–Kier alpha value is -1.85. The van der Waals surface area contributed by atoms with E-state index in [1.54, 1.807) is 0 Å². The number of cyclic esters (lactones) is 2. The average Bonchev–Trinajstić information content (AvgIpc) is 2.74. The molecule has 5 atom stereocenters. The normalized spacial score (nSPS) is 28.9. The SMILES string of the molecule is CC(CCCCSCCCCC(C)(C)C1CC(O)(CC(=O)O)CC(=O)O1)C1CC(O)(CC(=O)O)CC(=O)O1. The van der Waals surface area contributed by atoms with Crippen LogP contribution in [0.1, 0.15) is 97.8 Å². The Morgan fingerprint density at radius 2 is 1.45 bits per heavy atom. The van der Waals surface area contributed by atoms with Crippen molar-refractivity contribution in [2.75, 3.05) is 11.5 Å². The third kappa shape index (κ3) is 10.7. The highest BCUT2D eigenvalue weighted by Crippen LogP contribution is 2.40. The summed E-state index contributed by atoms with van der Waals surface area (Å²) in [6.07, 6.45) is 3.26. The number of hydrogen-bond acceptors (Lipinski definition) is 9. The number of aliphatic hydroxyl groups is 2. The van der Waals surface area contributed by atoms with Crippen LogP contribution < -0.4 is 0 Å². The molecule has 2 aliphatic heterocycles. The van der Waals surface area contributed by atoms with Crippen molar-refractivity contribution in [3.63, 3.8) is 0 Å². The van der Waals surface area contributed by atoms with Gasteiger partial charge in [-0.15, -0.1) is 0 Å². The molecule has 0 radical (unpaired) electrons. The number of ether oxygens (including phenoxy) is 2. The van der Waals surface area contributed by atoms with Gasteiger partial charge in [-0.2, -0.15) is 11.8 Å². The summed E-state index contributed by atoms with van der Waals surface area (Å²) in [5.74, 6) is -1.35. The van der Waals surface area contributed by atoms with Gasteiger partial charge in [0.25, 0.3) is 0 Å². The van der Waals surface area contributed by atoms with Gasteiger partial charge in [0.05, 0.1) is 36.9 Å². The number of rotatable bonds is 16. The molecule has 0 aromatic carbocycles. The van der Waals surface area contributed by atoms with Crippen molar-refractivity contribution >= 4 is 35.6 Å². The summed E-state index contributed by atoms with van der Waals surface area (Å²) >= 11 is 1.86. The quantitative estimate of drug-likeness (QED) is 0.161. The Labute approximate surface area is 228 Å². The highest BCUT2D eigenvalue weighted by molar-refractivity contribution is 7.99.